The van der Waals surface area contributed by atoms with Crippen LogP contribution in [-0.4, -0.2) is 25.3 Å². The zero-order valence-electron chi connectivity index (χ0n) is 7.30. The highest BCUT2D eigenvalue weighted by Gasteiger charge is 2.09. The van der Waals surface area contributed by atoms with Crippen LogP contribution in [0.3, 0.4) is 0 Å². The Bertz CT molecular complexity index is 484. The summed E-state index contributed by atoms with van der Waals surface area (Å²) in [5.74, 6) is -1.79. The fourth-order valence-corrected chi connectivity index (χ4v) is 0.939. The Balaban J connectivity index is 3.45. The minimum atomic E-state index is -1.30. The molecule has 0 aliphatic heterocycles. The van der Waals surface area contributed by atoms with Crippen LogP contribution >= 0.6 is 0 Å². The fraction of sp³-hybridized carbons (Fsp3) is 0.286. The Labute approximate surface area is 77.5 Å². The van der Waals surface area contributed by atoms with Crippen LogP contribution in [0.4, 0.5) is 0 Å². The van der Waals surface area contributed by atoms with Gasteiger partial charge in [0.15, 0.2) is 5.88 Å². The summed E-state index contributed by atoms with van der Waals surface area (Å²) >= 11 is 0. The maximum Gasteiger partial charge on any atom is 0.334 e. The highest BCUT2D eigenvalue weighted by atomic mass is 16.4. The summed E-state index contributed by atoms with van der Waals surface area (Å²) in [7, 11) is 1.23. The normalized spacial score (nSPS) is 10.1. The van der Waals surface area contributed by atoms with Gasteiger partial charge in [-0.1, -0.05) is 0 Å². The molecule has 1 aromatic heterocycles. The highest BCUT2D eigenvalue weighted by molar-refractivity contribution is 5.66. The molecule has 0 aliphatic rings. The Kier molecular flexibility index (Phi) is 2.41. The van der Waals surface area contributed by atoms with Crippen molar-refractivity contribution < 1.29 is 15.0 Å². The Morgan fingerprint density at radius 2 is 2.07 bits per heavy atom. The third-order valence-electron chi connectivity index (χ3n) is 1.67. The Hall–Kier alpha value is -2.05. The van der Waals surface area contributed by atoms with Crippen molar-refractivity contribution in [2.75, 3.05) is 0 Å². The lowest BCUT2D eigenvalue weighted by atomic mass is 10.5. The molecule has 0 saturated heterocycles. The van der Waals surface area contributed by atoms with Crippen LogP contribution < -0.4 is 11.2 Å². The van der Waals surface area contributed by atoms with Crippen molar-refractivity contribution in [3.05, 3.63) is 26.9 Å². The third kappa shape index (κ3) is 1.65. The van der Waals surface area contributed by atoms with E-state index in [0.29, 0.717) is 4.57 Å². The molecule has 14 heavy (non-hydrogen) atoms. The standard InChI is InChI=1S/C7H8N2O5/c1-8-4(10)2-5(11)9(7(8)14)3-6(12)13/h2,10H,3H2,1H3,(H,12,13). The van der Waals surface area contributed by atoms with Crippen molar-refractivity contribution in [1.29, 1.82) is 0 Å². The van der Waals surface area contributed by atoms with E-state index in [2.05, 4.69) is 0 Å². The van der Waals surface area contributed by atoms with Crippen LogP contribution in [0.2, 0.25) is 0 Å². The molecule has 7 nitrogen and oxygen atoms in total. The van der Waals surface area contributed by atoms with Crippen molar-refractivity contribution >= 4 is 5.97 Å². The van der Waals surface area contributed by atoms with Crippen LogP contribution in [0.15, 0.2) is 15.7 Å². The van der Waals surface area contributed by atoms with Crippen molar-refractivity contribution in [3.8, 4) is 5.88 Å². The molecule has 0 radical (unpaired) electrons. The second-order valence-electron chi connectivity index (χ2n) is 2.66. The zero-order valence-corrected chi connectivity index (χ0v) is 7.30. The smallest absolute Gasteiger partial charge is 0.334 e. The number of rotatable bonds is 2. The van der Waals surface area contributed by atoms with Gasteiger partial charge in [0.1, 0.15) is 6.54 Å². The van der Waals surface area contributed by atoms with Gasteiger partial charge in [0.25, 0.3) is 5.56 Å². The molecule has 0 bridgehead atoms. The van der Waals surface area contributed by atoms with E-state index in [4.69, 9.17) is 10.2 Å². The maximum atomic E-state index is 11.2. The number of nitrogens with zero attached hydrogens (tertiary/aromatic N) is 2. The van der Waals surface area contributed by atoms with Gasteiger partial charge in [-0.25, -0.2) is 9.36 Å². The topological polar surface area (TPSA) is 102 Å². The molecule has 0 amide bonds. The number of aliphatic carboxylic acids is 1. The zero-order chi connectivity index (χ0) is 10.9. The van der Waals surface area contributed by atoms with E-state index < -0.39 is 29.6 Å². The van der Waals surface area contributed by atoms with Crippen molar-refractivity contribution in [2.24, 2.45) is 7.05 Å². The minimum Gasteiger partial charge on any atom is -0.494 e. The van der Waals surface area contributed by atoms with Gasteiger partial charge in [-0.15, -0.1) is 0 Å². The molecular weight excluding hydrogens is 192 g/mol. The lowest BCUT2D eigenvalue weighted by Crippen LogP contribution is -2.39. The summed E-state index contributed by atoms with van der Waals surface area (Å²) in [6, 6.07) is 0.782. The summed E-state index contributed by atoms with van der Waals surface area (Å²) in [4.78, 5) is 32.6. The molecule has 0 aliphatic carbocycles. The van der Waals surface area contributed by atoms with E-state index in [1.807, 2.05) is 0 Å². The molecule has 0 saturated carbocycles. The largest absolute Gasteiger partial charge is 0.494 e. The second-order valence-corrected chi connectivity index (χ2v) is 2.66. The van der Waals surface area contributed by atoms with Gasteiger partial charge in [-0.3, -0.25) is 14.2 Å². The SMILES string of the molecule is Cn1c(O)cc(=O)n(CC(=O)O)c1=O. The van der Waals surface area contributed by atoms with Gasteiger partial charge < -0.3 is 10.2 Å². The van der Waals surface area contributed by atoms with Gasteiger partial charge in [0.05, 0.1) is 6.07 Å². The van der Waals surface area contributed by atoms with E-state index in [9.17, 15) is 14.4 Å². The van der Waals surface area contributed by atoms with Crippen LogP contribution in [0.1, 0.15) is 0 Å². The molecule has 76 valence electrons. The summed E-state index contributed by atoms with van der Waals surface area (Å²) in [6.07, 6.45) is 0. The average molecular weight is 200 g/mol. The van der Waals surface area contributed by atoms with Gasteiger partial charge in [-0.2, -0.15) is 0 Å². The molecule has 1 rings (SSSR count). The monoisotopic (exact) mass is 200 g/mol. The first-order chi connectivity index (χ1) is 6.43. The molecule has 2 N–H and O–H groups in total. The Morgan fingerprint density at radius 3 is 2.57 bits per heavy atom. The van der Waals surface area contributed by atoms with Crippen LogP contribution in [0.25, 0.3) is 0 Å². The number of carboxylic acids is 1. The van der Waals surface area contributed by atoms with Gasteiger partial charge in [0.2, 0.25) is 0 Å². The number of carboxylic acid groups (broad SMARTS) is 1. The minimum absolute atomic E-state index is 0.498. The predicted octanol–water partition coefficient (Wildman–Crippen LogP) is -1.66. The van der Waals surface area contributed by atoms with Crippen molar-refractivity contribution in [3.63, 3.8) is 0 Å². The van der Waals surface area contributed by atoms with E-state index >= 15 is 0 Å². The fourth-order valence-electron chi connectivity index (χ4n) is 0.939. The van der Waals surface area contributed by atoms with Crippen LogP contribution in [-0.2, 0) is 18.4 Å². The number of hydrogen-bond donors (Lipinski definition) is 2. The third-order valence-corrected chi connectivity index (χ3v) is 1.67. The van der Waals surface area contributed by atoms with E-state index in [-0.39, 0.29) is 0 Å². The molecular formula is C7H8N2O5. The quantitative estimate of drug-likeness (QED) is 0.594. The van der Waals surface area contributed by atoms with E-state index in [1.54, 1.807) is 0 Å². The molecule has 0 fully saturated rings. The van der Waals surface area contributed by atoms with Crippen LogP contribution in [0, 0.1) is 0 Å². The van der Waals surface area contributed by atoms with Crippen LogP contribution in [0.5, 0.6) is 5.88 Å². The number of aromatic hydroxyl groups is 1. The molecule has 1 heterocycles. The summed E-state index contributed by atoms with van der Waals surface area (Å²) < 4.78 is 1.30. The molecule has 0 atom stereocenters. The second kappa shape index (κ2) is 3.36. The van der Waals surface area contributed by atoms with Crippen molar-refractivity contribution in [2.45, 2.75) is 6.54 Å². The average Bonchev–Trinajstić information content (AvgIpc) is 2.09. The Morgan fingerprint density at radius 1 is 1.50 bits per heavy atom. The van der Waals surface area contributed by atoms with E-state index in [0.717, 1.165) is 10.6 Å². The lowest BCUT2D eigenvalue weighted by Gasteiger charge is -2.05. The maximum absolute atomic E-state index is 11.2. The van der Waals surface area contributed by atoms with Crippen molar-refractivity contribution in [1.82, 2.24) is 9.13 Å². The molecule has 1 aromatic rings. The molecule has 0 unspecified atom stereocenters. The summed E-state index contributed by atoms with van der Waals surface area (Å²) in [5.41, 5.74) is -1.70. The first-order valence-electron chi connectivity index (χ1n) is 3.65. The van der Waals surface area contributed by atoms with Gasteiger partial charge in [-0.05, 0) is 0 Å². The van der Waals surface area contributed by atoms with E-state index in [1.165, 1.54) is 7.05 Å². The molecule has 0 spiro atoms. The molecule has 0 aromatic carbocycles. The predicted molar refractivity (Wildman–Crippen MR) is 45.2 cm³/mol. The molecule has 7 heteroatoms. The summed E-state index contributed by atoms with van der Waals surface area (Å²) in [6.45, 7) is -0.716. The van der Waals surface area contributed by atoms with Gasteiger partial charge in [0, 0.05) is 7.05 Å². The lowest BCUT2D eigenvalue weighted by molar-refractivity contribution is -0.137. The first-order valence-corrected chi connectivity index (χ1v) is 3.65. The number of carbonyl (C=O) groups is 1. The first kappa shape index (κ1) is 10.0. The summed E-state index contributed by atoms with van der Waals surface area (Å²) in [5, 5.41) is 17.4. The van der Waals surface area contributed by atoms with Gasteiger partial charge >= 0.3 is 11.7 Å². The highest BCUT2D eigenvalue weighted by Crippen LogP contribution is 1.96. The number of hydrogen-bond acceptors (Lipinski definition) is 4. The number of aromatic nitrogens is 2.